The number of nitrogens with zero attached hydrogens (tertiary/aromatic N) is 3. The Labute approximate surface area is 159 Å². The summed E-state index contributed by atoms with van der Waals surface area (Å²) in [5.74, 6) is 0.239. The van der Waals surface area contributed by atoms with E-state index in [4.69, 9.17) is 11.6 Å². The average Bonchev–Trinajstić information content (AvgIpc) is 3.08. The number of amides is 1. The van der Waals surface area contributed by atoms with Gasteiger partial charge in [-0.1, -0.05) is 11.6 Å². The molecule has 3 rings (SSSR count). The molecule has 1 amide bonds. The van der Waals surface area contributed by atoms with Gasteiger partial charge in [-0.05, 0) is 36.6 Å². The van der Waals surface area contributed by atoms with E-state index in [1.165, 1.54) is 0 Å². The molecule has 1 saturated heterocycles. The fourth-order valence-electron chi connectivity index (χ4n) is 3.00. The summed E-state index contributed by atoms with van der Waals surface area (Å²) in [6, 6.07) is 4.52. The van der Waals surface area contributed by atoms with Crippen molar-refractivity contribution < 1.29 is 18.0 Å². The summed E-state index contributed by atoms with van der Waals surface area (Å²) in [5, 5.41) is 2.91. The van der Waals surface area contributed by atoms with Gasteiger partial charge in [-0.15, -0.1) is 0 Å². The van der Waals surface area contributed by atoms with E-state index in [-0.39, 0.29) is 17.0 Å². The Morgan fingerprint density at radius 1 is 1.33 bits per heavy atom. The SMILES string of the molecule is O=C(CCc1ccncc1)N[C@H]1CCN(c2ncc(C(F)(F)F)cc2Cl)C1. The number of halogens is 4. The highest BCUT2D eigenvalue weighted by molar-refractivity contribution is 6.33. The van der Waals surface area contributed by atoms with Crippen LogP contribution in [0.3, 0.4) is 0 Å². The van der Waals surface area contributed by atoms with E-state index in [1.807, 2.05) is 12.1 Å². The highest BCUT2D eigenvalue weighted by Gasteiger charge is 2.33. The van der Waals surface area contributed by atoms with Crippen LogP contribution in [-0.2, 0) is 17.4 Å². The van der Waals surface area contributed by atoms with Crippen LogP contribution in [0.1, 0.15) is 24.0 Å². The lowest BCUT2D eigenvalue weighted by molar-refractivity contribution is -0.137. The first-order valence-corrected chi connectivity index (χ1v) is 8.86. The van der Waals surface area contributed by atoms with E-state index in [2.05, 4.69) is 15.3 Å². The lowest BCUT2D eigenvalue weighted by atomic mass is 10.1. The quantitative estimate of drug-likeness (QED) is 0.837. The summed E-state index contributed by atoms with van der Waals surface area (Å²) in [6.45, 7) is 1.02. The third kappa shape index (κ3) is 5.09. The second-order valence-corrected chi connectivity index (χ2v) is 6.79. The Hall–Kier alpha value is -2.35. The van der Waals surface area contributed by atoms with Crippen LogP contribution in [0.4, 0.5) is 19.0 Å². The zero-order valence-corrected chi connectivity index (χ0v) is 15.1. The predicted molar refractivity (Wildman–Crippen MR) is 95.6 cm³/mol. The fraction of sp³-hybridized carbons (Fsp3) is 0.389. The van der Waals surface area contributed by atoms with Crippen LogP contribution in [0.5, 0.6) is 0 Å². The maximum Gasteiger partial charge on any atom is 0.417 e. The van der Waals surface area contributed by atoms with Crippen molar-refractivity contribution in [3.8, 4) is 0 Å². The molecule has 0 radical (unpaired) electrons. The average molecular weight is 399 g/mol. The highest BCUT2D eigenvalue weighted by Crippen LogP contribution is 2.34. The Balaban J connectivity index is 1.53. The Morgan fingerprint density at radius 2 is 2.07 bits per heavy atom. The van der Waals surface area contributed by atoms with E-state index in [9.17, 15) is 18.0 Å². The van der Waals surface area contributed by atoms with Gasteiger partial charge in [0.2, 0.25) is 5.91 Å². The molecule has 0 bridgehead atoms. The first-order chi connectivity index (χ1) is 12.8. The standard InChI is InChI=1S/C18H18ClF3N4O/c19-15-9-13(18(20,21)22)10-24-17(15)26-8-5-14(11-26)25-16(27)2-1-12-3-6-23-7-4-12/h3-4,6-7,9-10,14H,1-2,5,8,11H2,(H,25,27)/t14-/m0/s1. The second kappa shape index (κ2) is 8.12. The first kappa shape index (κ1) is 19.4. The molecule has 3 heterocycles. The minimum Gasteiger partial charge on any atom is -0.353 e. The number of hydrogen-bond donors (Lipinski definition) is 1. The van der Waals surface area contributed by atoms with Crippen molar-refractivity contribution in [1.82, 2.24) is 15.3 Å². The molecule has 1 aliphatic heterocycles. The molecule has 0 aliphatic carbocycles. The van der Waals surface area contributed by atoms with Crippen LogP contribution in [-0.4, -0.2) is 35.0 Å². The van der Waals surface area contributed by atoms with Crippen molar-refractivity contribution in [2.75, 3.05) is 18.0 Å². The minimum absolute atomic E-state index is 0.0468. The van der Waals surface area contributed by atoms with Crippen LogP contribution in [0.15, 0.2) is 36.8 Å². The van der Waals surface area contributed by atoms with Gasteiger partial charge in [-0.2, -0.15) is 13.2 Å². The van der Waals surface area contributed by atoms with Gasteiger partial charge in [0.05, 0.1) is 10.6 Å². The van der Waals surface area contributed by atoms with Gasteiger partial charge in [0.25, 0.3) is 0 Å². The minimum atomic E-state index is -4.48. The van der Waals surface area contributed by atoms with Crippen LogP contribution < -0.4 is 10.2 Å². The van der Waals surface area contributed by atoms with Crippen molar-refractivity contribution in [1.29, 1.82) is 0 Å². The summed E-state index contributed by atoms with van der Waals surface area (Å²) >= 11 is 5.99. The predicted octanol–water partition coefficient (Wildman–Crippen LogP) is 3.48. The Kier molecular flexibility index (Phi) is 5.84. The third-order valence-corrected chi connectivity index (χ3v) is 4.67. The molecule has 2 aromatic rings. The molecule has 0 saturated carbocycles. The molecule has 0 aromatic carbocycles. The van der Waals surface area contributed by atoms with Gasteiger partial charge in [-0.25, -0.2) is 4.98 Å². The summed E-state index contributed by atoms with van der Waals surface area (Å²) in [5.41, 5.74) is 0.158. The lowest BCUT2D eigenvalue weighted by Gasteiger charge is -2.20. The van der Waals surface area contributed by atoms with Crippen molar-refractivity contribution >= 4 is 23.3 Å². The highest BCUT2D eigenvalue weighted by atomic mass is 35.5. The van der Waals surface area contributed by atoms with Crippen molar-refractivity contribution in [3.63, 3.8) is 0 Å². The number of carbonyl (C=O) groups is 1. The molecule has 144 valence electrons. The molecular formula is C18H18ClF3N4O. The normalized spacial score (nSPS) is 17.2. The summed E-state index contributed by atoms with van der Waals surface area (Å²) in [4.78, 5) is 21.7. The summed E-state index contributed by atoms with van der Waals surface area (Å²) in [6.07, 6.45) is 1.33. The van der Waals surface area contributed by atoms with Gasteiger partial charge in [0, 0.05) is 44.1 Å². The Bertz CT molecular complexity index is 801. The number of aryl methyl sites for hydroxylation is 1. The summed E-state index contributed by atoms with van der Waals surface area (Å²) < 4.78 is 38.1. The largest absolute Gasteiger partial charge is 0.417 e. The molecule has 1 aliphatic rings. The van der Waals surface area contributed by atoms with E-state index < -0.39 is 11.7 Å². The topological polar surface area (TPSA) is 58.1 Å². The molecule has 9 heteroatoms. The van der Waals surface area contributed by atoms with E-state index >= 15 is 0 Å². The number of rotatable bonds is 5. The molecule has 27 heavy (non-hydrogen) atoms. The molecule has 1 atom stereocenters. The van der Waals surface area contributed by atoms with Crippen LogP contribution in [0.25, 0.3) is 0 Å². The van der Waals surface area contributed by atoms with Crippen LogP contribution in [0, 0.1) is 0 Å². The number of anilines is 1. The molecule has 1 N–H and O–H groups in total. The van der Waals surface area contributed by atoms with Crippen molar-refractivity contribution in [2.45, 2.75) is 31.5 Å². The van der Waals surface area contributed by atoms with Crippen LogP contribution >= 0.6 is 11.6 Å². The van der Waals surface area contributed by atoms with Gasteiger partial charge in [0.1, 0.15) is 5.82 Å². The van der Waals surface area contributed by atoms with E-state index in [0.717, 1.165) is 17.8 Å². The zero-order chi connectivity index (χ0) is 19.4. The fourth-order valence-corrected chi connectivity index (χ4v) is 3.28. The smallest absolute Gasteiger partial charge is 0.353 e. The molecular weight excluding hydrogens is 381 g/mol. The number of nitrogens with one attached hydrogen (secondary N) is 1. The molecule has 5 nitrogen and oxygen atoms in total. The number of carbonyl (C=O) groups excluding carboxylic acids is 1. The maximum absolute atomic E-state index is 12.7. The lowest BCUT2D eigenvalue weighted by Crippen LogP contribution is -2.37. The van der Waals surface area contributed by atoms with Crippen LogP contribution in [0.2, 0.25) is 5.02 Å². The van der Waals surface area contributed by atoms with Gasteiger partial charge in [0.15, 0.2) is 0 Å². The monoisotopic (exact) mass is 398 g/mol. The number of pyridine rings is 2. The van der Waals surface area contributed by atoms with Gasteiger partial charge < -0.3 is 10.2 Å². The van der Waals surface area contributed by atoms with E-state index in [1.54, 1.807) is 17.3 Å². The van der Waals surface area contributed by atoms with Gasteiger partial charge in [-0.3, -0.25) is 9.78 Å². The molecule has 2 aromatic heterocycles. The molecule has 0 spiro atoms. The van der Waals surface area contributed by atoms with Crippen molar-refractivity contribution in [3.05, 3.63) is 52.9 Å². The molecule has 1 fully saturated rings. The second-order valence-electron chi connectivity index (χ2n) is 6.38. The van der Waals surface area contributed by atoms with Gasteiger partial charge >= 0.3 is 6.18 Å². The Morgan fingerprint density at radius 3 is 2.74 bits per heavy atom. The maximum atomic E-state index is 12.7. The number of hydrogen-bond acceptors (Lipinski definition) is 4. The number of alkyl halides is 3. The number of aromatic nitrogens is 2. The van der Waals surface area contributed by atoms with Crippen molar-refractivity contribution in [2.24, 2.45) is 0 Å². The summed E-state index contributed by atoms with van der Waals surface area (Å²) in [7, 11) is 0. The zero-order valence-electron chi connectivity index (χ0n) is 14.3. The van der Waals surface area contributed by atoms with E-state index in [0.29, 0.717) is 38.2 Å². The molecule has 0 unspecified atom stereocenters. The third-order valence-electron chi connectivity index (χ3n) is 4.39. The first-order valence-electron chi connectivity index (χ1n) is 8.49.